The SMILES string of the molecule is [N-]=[N+]=NCOC1C[C@H](n2cc(C#CCCC(=O)COCCOC(COc3cccc(C(=O)NCCNC(=O)CCCC[C@H]4SC[C@H]5NC(=O)C[C@H]54)c3)N=[N+]=[N-])c3c(N)ncnc32)O[C@@H]1COP(=O)(O)OP(=O)(O)OP(=O)(O)O. The van der Waals surface area contributed by atoms with Gasteiger partial charge in [-0.3, -0.25) is 23.7 Å². The second-order valence-electron chi connectivity index (χ2n) is 17.3. The van der Waals surface area contributed by atoms with E-state index in [0.717, 1.165) is 25.0 Å². The molecule has 1 aromatic carbocycles. The Balaban J connectivity index is 0.888. The summed E-state index contributed by atoms with van der Waals surface area (Å²) in [6.07, 6.45) is 1.92. The molecule has 4 unspecified atom stereocenters. The minimum Gasteiger partial charge on any atom is -0.491 e. The standard InChI is InChI=1S/C42H56N13O19P3S/c43-40-39-27(19-55(41(39)49-24-48-40)38-18-32(70-25-50-53-44)33(72-38)21-71-76(63,64)74-77(65,66)73-75(60,61)62)6-1-2-8-28(56)20-67-14-15-68-37(52-54-45)22-69-29-9-5-7-26(16-29)42(59)47-13-12-46-35(57)11-4-3-10-34-30-17-36(58)51-31(30)23-78-34/h5,7,9,16,19,24,30-34,37-38H,2-4,8,10-15,17-18,20-23,25H2,(H,46,57)(H,47,59)(H,51,58)(H,63,64)(H,65,66)(H2,43,48,49)(H2,60,61,62)/t30-,31-,32?,33-,34-,37?,38-/m1/s1. The van der Waals surface area contributed by atoms with E-state index in [1.807, 2.05) is 11.8 Å². The maximum Gasteiger partial charge on any atom is 0.490 e. The molecule has 3 aliphatic heterocycles. The number of nitrogens with two attached hydrogens (primary N) is 1. The number of thioether (sulfide) groups is 1. The summed E-state index contributed by atoms with van der Waals surface area (Å²) in [6, 6.07) is 6.57. The maximum absolute atomic E-state index is 12.8. The monoisotopic (exact) mass is 1170 g/mol. The summed E-state index contributed by atoms with van der Waals surface area (Å²) in [5.74, 6) is 6.81. The van der Waals surface area contributed by atoms with E-state index >= 15 is 0 Å². The fourth-order valence-corrected chi connectivity index (χ4v) is 13.0. The lowest BCUT2D eigenvalue weighted by atomic mass is 9.94. The molecule has 78 heavy (non-hydrogen) atoms. The van der Waals surface area contributed by atoms with Crippen molar-refractivity contribution >= 4 is 75.6 Å². The van der Waals surface area contributed by atoms with Gasteiger partial charge in [0, 0.05) is 89.7 Å². The summed E-state index contributed by atoms with van der Waals surface area (Å²) < 4.78 is 77.3. The van der Waals surface area contributed by atoms with Gasteiger partial charge in [-0.2, -0.15) is 20.4 Å². The van der Waals surface area contributed by atoms with Crippen LogP contribution in [0.25, 0.3) is 31.9 Å². The number of phosphoric acid groups is 3. The fourth-order valence-electron chi connectivity index (χ4n) is 8.31. The van der Waals surface area contributed by atoms with Crippen molar-refractivity contribution in [3.63, 3.8) is 0 Å². The van der Waals surface area contributed by atoms with Gasteiger partial charge in [-0.15, -0.1) is 0 Å². The first-order valence-electron chi connectivity index (χ1n) is 23.8. The largest absolute Gasteiger partial charge is 0.491 e. The van der Waals surface area contributed by atoms with Crippen LogP contribution in [0.3, 0.4) is 0 Å². The first kappa shape index (κ1) is 61.5. The number of amides is 3. The molecule has 3 saturated heterocycles. The van der Waals surface area contributed by atoms with Crippen LogP contribution in [0.1, 0.15) is 73.5 Å². The number of nitrogens with zero attached hydrogens (tertiary/aromatic N) is 9. The lowest BCUT2D eigenvalue weighted by Gasteiger charge is -2.21. The number of hydrogen-bond donors (Lipinski definition) is 8. The smallest absolute Gasteiger partial charge is 0.490 e. The van der Waals surface area contributed by atoms with Crippen molar-refractivity contribution in [3.05, 3.63) is 68.8 Å². The molecule has 9 atom stereocenters. The number of benzene rings is 1. The number of nitrogen functional groups attached to an aromatic ring is 1. The van der Waals surface area contributed by atoms with E-state index < -0.39 is 67.4 Å². The number of nitrogens with one attached hydrogen (secondary N) is 3. The van der Waals surface area contributed by atoms with Crippen LogP contribution in [0.2, 0.25) is 0 Å². The molecule has 0 spiro atoms. The zero-order valence-corrected chi connectivity index (χ0v) is 44.8. The van der Waals surface area contributed by atoms with E-state index in [0.29, 0.717) is 46.3 Å². The summed E-state index contributed by atoms with van der Waals surface area (Å²) in [4.78, 5) is 100. The Bertz CT molecular complexity index is 2930. The van der Waals surface area contributed by atoms with Crippen LogP contribution in [-0.4, -0.2) is 146 Å². The molecule has 32 nitrogen and oxygen atoms in total. The van der Waals surface area contributed by atoms with Crippen molar-refractivity contribution in [2.75, 3.05) is 64.3 Å². The van der Waals surface area contributed by atoms with Gasteiger partial charge in [-0.1, -0.05) is 34.6 Å². The number of rotatable bonds is 32. The predicted molar refractivity (Wildman–Crippen MR) is 272 cm³/mol. The lowest BCUT2D eigenvalue weighted by Crippen LogP contribution is -2.34. The van der Waals surface area contributed by atoms with Crippen LogP contribution < -0.4 is 26.4 Å². The number of carbonyl (C=O) groups is 4. The Morgan fingerprint density at radius 1 is 1.05 bits per heavy atom. The molecule has 0 bridgehead atoms. The Morgan fingerprint density at radius 2 is 1.86 bits per heavy atom. The van der Waals surface area contributed by atoms with Crippen molar-refractivity contribution in [1.29, 1.82) is 0 Å². The second kappa shape index (κ2) is 29.5. The van der Waals surface area contributed by atoms with E-state index in [1.54, 1.807) is 18.2 Å². The highest BCUT2D eigenvalue weighted by molar-refractivity contribution is 8.00. The Labute approximate surface area is 448 Å². The number of unbranched alkanes of at least 4 members (excludes halogenated alkanes) is 1. The van der Waals surface area contributed by atoms with Crippen molar-refractivity contribution in [1.82, 2.24) is 30.5 Å². The maximum atomic E-state index is 12.8. The van der Waals surface area contributed by atoms with Gasteiger partial charge >= 0.3 is 23.5 Å². The number of phosphoric ester groups is 1. The van der Waals surface area contributed by atoms with Gasteiger partial charge in [0.25, 0.3) is 5.91 Å². The zero-order valence-electron chi connectivity index (χ0n) is 41.3. The first-order valence-corrected chi connectivity index (χ1v) is 29.4. The number of aromatic nitrogens is 3. The average Bonchev–Trinajstić information content (AvgIpc) is 4.22. The van der Waals surface area contributed by atoms with Crippen LogP contribution >= 0.6 is 35.2 Å². The van der Waals surface area contributed by atoms with Crippen molar-refractivity contribution in [2.45, 2.75) is 87.3 Å². The number of ether oxygens (including phenoxy) is 5. The molecule has 3 aromatic rings. The molecular weight excluding hydrogens is 1120 g/mol. The van der Waals surface area contributed by atoms with Crippen LogP contribution in [0.5, 0.6) is 5.75 Å². The lowest BCUT2D eigenvalue weighted by molar-refractivity contribution is -0.124. The molecule has 0 radical (unpaired) electrons. The molecule has 0 saturated carbocycles. The molecule has 9 N–H and O–H groups in total. The number of anilines is 1. The van der Waals surface area contributed by atoms with Gasteiger partial charge in [0.15, 0.2) is 12.0 Å². The highest BCUT2D eigenvalue weighted by Gasteiger charge is 2.45. The zero-order chi connectivity index (χ0) is 56.3. The van der Waals surface area contributed by atoms with Gasteiger partial charge in [0.2, 0.25) is 11.8 Å². The normalized spacial score (nSPS) is 21.6. The average molecular weight is 1170 g/mol. The van der Waals surface area contributed by atoms with Gasteiger partial charge in [-0.25, -0.2) is 23.7 Å². The van der Waals surface area contributed by atoms with E-state index in [4.69, 9.17) is 54.8 Å². The molecule has 3 fully saturated rings. The summed E-state index contributed by atoms with van der Waals surface area (Å²) in [6.45, 7) is -1.57. The molecule has 3 aliphatic rings. The van der Waals surface area contributed by atoms with Crippen LogP contribution in [0, 0.1) is 17.8 Å². The van der Waals surface area contributed by atoms with Crippen molar-refractivity contribution in [2.24, 2.45) is 16.1 Å². The molecule has 3 amide bonds. The molecule has 5 heterocycles. The van der Waals surface area contributed by atoms with Crippen LogP contribution in [-0.2, 0) is 60.2 Å². The van der Waals surface area contributed by atoms with E-state index in [9.17, 15) is 42.7 Å². The Morgan fingerprint density at radius 3 is 2.64 bits per heavy atom. The third-order valence-corrected chi connectivity index (χ3v) is 17.1. The number of ketones is 1. The van der Waals surface area contributed by atoms with Crippen molar-refractivity contribution < 1.29 is 89.3 Å². The second-order valence-corrected chi connectivity index (χ2v) is 22.9. The van der Waals surface area contributed by atoms with Gasteiger partial charge in [-0.05, 0) is 42.1 Å². The predicted octanol–water partition coefficient (Wildman–Crippen LogP) is 3.77. The Hall–Kier alpha value is -5.70. The summed E-state index contributed by atoms with van der Waals surface area (Å²) >= 11 is 1.89. The van der Waals surface area contributed by atoms with Gasteiger partial charge < -0.3 is 69.5 Å². The fraction of sp³-hybridized carbons (Fsp3) is 0.571. The van der Waals surface area contributed by atoms with E-state index in [1.165, 1.54) is 23.2 Å². The van der Waals surface area contributed by atoms with Crippen LogP contribution in [0.15, 0.2) is 47.0 Å². The molecule has 6 rings (SSSR count). The quantitative estimate of drug-likeness (QED) is 0.0110. The topological polar surface area (TPSA) is 465 Å². The summed E-state index contributed by atoms with van der Waals surface area (Å²) in [5, 5.41) is 16.2. The first-order chi connectivity index (χ1) is 37.2. The van der Waals surface area contributed by atoms with E-state index in [-0.39, 0.29) is 93.9 Å². The minimum absolute atomic E-state index is 0.0138. The minimum atomic E-state index is -5.81. The summed E-state index contributed by atoms with van der Waals surface area (Å²) in [7, 11) is -17.0. The third kappa shape index (κ3) is 19.6. The Kier molecular flexibility index (Phi) is 23.3. The number of hydrogen-bond acceptors (Lipinski definition) is 21. The number of carbonyl (C=O) groups excluding carboxylic acids is 4. The number of Topliss-reactive ketones (excluding diaryl/α,β-unsaturated/α-hetero) is 1. The molecule has 424 valence electrons. The van der Waals surface area contributed by atoms with Crippen LogP contribution in [0.4, 0.5) is 5.82 Å². The van der Waals surface area contributed by atoms with Gasteiger partial charge in [0.05, 0.1) is 36.9 Å². The highest BCUT2D eigenvalue weighted by atomic mass is 32.2. The van der Waals surface area contributed by atoms with E-state index in [2.05, 4.69) is 66.4 Å². The number of azide groups is 2. The molecule has 2 aromatic heterocycles. The molecule has 36 heteroatoms. The molecular formula is C42H56N13O19P3S. The number of fused-ring (bicyclic) bond motifs is 2. The van der Waals surface area contributed by atoms with Crippen molar-refractivity contribution in [3.8, 4) is 17.6 Å². The molecule has 0 aliphatic carbocycles. The third-order valence-electron chi connectivity index (χ3n) is 11.7. The summed E-state index contributed by atoms with van der Waals surface area (Å²) in [5.41, 5.74) is 24.8. The highest BCUT2D eigenvalue weighted by Crippen LogP contribution is 2.66. The van der Waals surface area contributed by atoms with Gasteiger partial charge in [0.1, 0.15) is 55.8 Å².